The topological polar surface area (TPSA) is 61.2 Å². The maximum absolute atomic E-state index is 11.6. The van der Waals surface area contributed by atoms with Gasteiger partial charge in [-0.25, -0.2) is 4.79 Å². The average molecular weight is 228 g/mol. The van der Waals surface area contributed by atoms with Crippen LogP contribution in [0.15, 0.2) is 62.4 Å². The summed E-state index contributed by atoms with van der Waals surface area (Å²) in [6.07, 6.45) is 1.47. The van der Waals surface area contributed by atoms with Crippen LogP contribution in [-0.4, -0.2) is 9.78 Å². The molecular weight excluding hydrogens is 220 g/mol. The molecule has 0 aliphatic rings. The molecule has 3 rings (SSSR count). The molecule has 5 heteroatoms. The molecule has 2 heterocycles. The van der Waals surface area contributed by atoms with Gasteiger partial charge in [0.05, 0.1) is 6.26 Å². The van der Waals surface area contributed by atoms with Crippen molar-refractivity contribution in [2.75, 3.05) is 0 Å². The lowest BCUT2D eigenvalue weighted by molar-refractivity contribution is 0.479. The first kappa shape index (κ1) is 9.65. The fourth-order valence-corrected chi connectivity index (χ4v) is 1.51. The molecule has 0 N–H and O–H groups in total. The van der Waals surface area contributed by atoms with Crippen molar-refractivity contribution in [2.45, 2.75) is 0 Å². The molecule has 84 valence electrons. The third-order valence-electron chi connectivity index (χ3n) is 2.28. The normalized spacial score (nSPS) is 10.6. The van der Waals surface area contributed by atoms with Crippen LogP contribution in [0.4, 0.5) is 0 Å². The lowest BCUT2D eigenvalue weighted by Crippen LogP contribution is -2.12. The van der Waals surface area contributed by atoms with Gasteiger partial charge in [-0.05, 0) is 18.2 Å². The maximum atomic E-state index is 11.6. The van der Waals surface area contributed by atoms with E-state index in [9.17, 15) is 4.79 Å². The van der Waals surface area contributed by atoms with Crippen molar-refractivity contribution < 1.29 is 8.83 Å². The Morgan fingerprint density at radius 3 is 2.59 bits per heavy atom. The van der Waals surface area contributed by atoms with Crippen LogP contribution < -0.4 is 5.76 Å². The SMILES string of the molecule is O=c1oc(-c2ccccc2)nn1-c1ccco1. The molecule has 0 aliphatic carbocycles. The van der Waals surface area contributed by atoms with Crippen molar-refractivity contribution in [3.8, 4) is 17.3 Å². The fraction of sp³-hybridized carbons (Fsp3) is 0. The highest BCUT2D eigenvalue weighted by atomic mass is 16.4. The van der Waals surface area contributed by atoms with Crippen molar-refractivity contribution >= 4 is 0 Å². The number of benzene rings is 1. The summed E-state index contributed by atoms with van der Waals surface area (Å²) in [7, 11) is 0. The molecule has 3 aromatic rings. The van der Waals surface area contributed by atoms with Crippen molar-refractivity contribution in [1.82, 2.24) is 9.78 Å². The Labute approximate surface area is 95.9 Å². The van der Waals surface area contributed by atoms with Gasteiger partial charge in [0.2, 0.25) is 11.8 Å². The van der Waals surface area contributed by atoms with E-state index in [2.05, 4.69) is 5.10 Å². The third-order valence-corrected chi connectivity index (χ3v) is 2.28. The highest BCUT2D eigenvalue weighted by molar-refractivity contribution is 5.51. The number of aromatic nitrogens is 2. The molecule has 0 saturated carbocycles. The monoisotopic (exact) mass is 228 g/mol. The van der Waals surface area contributed by atoms with Crippen LogP contribution >= 0.6 is 0 Å². The molecule has 0 atom stereocenters. The summed E-state index contributed by atoms with van der Waals surface area (Å²) < 4.78 is 11.2. The van der Waals surface area contributed by atoms with Crippen LogP contribution in [0.3, 0.4) is 0 Å². The molecule has 1 aromatic carbocycles. The second-order valence-electron chi connectivity index (χ2n) is 3.40. The molecule has 0 amide bonds. The fourth-order valence-electron chi connectivity index (χ4n) is 1.51. The van der Waals surface area contributed by atoms with Crippen LogP contribution in [0.1, 0.15) is 0 Å². The molecule has 17 heavy (non-hydrogen) atoms. The summed E-state index contributed by atoms with van der Waals surface area (Å²) in [6, 6.07) is 12.5. The van der Waals surface area contributed by atoms with Gasteiger partial charge < -0.3 is 8.83 Å². The summed E-state index contributed by atoms with van der Waals surface area (Å²) in [5, 5.41) is 4.07. The van der Waals surface area contributed by atoms with Gasteiger partial charge in [0.25, 0.3) is 0 Å². The van der Waals surface area contributed by atoms with Crippen LogP contribution in [0, 0.1) is 0 Å². The minimum absolute atomic E-state index is 0.270. The number of hydrogen-bond acceptors (Lipinski definition) is 4. The lowest BCUT2D eigenvalue weighted by atomic mass is 10.2. The van der Waals surface area contributed by atoms with E-state index < -0.39 is 5.76 Å². The molecule has 2 aromatic heterocycles. The van der Waals surface area contributed by atoms with Gasteiger partial charge in [-0.2, -0.15) is 0 Å². The summed E-state index contributed by atoms with van der Waals surface area (Å²) in [5.74, 6) is 0.0340. The molecule has 0 unspecified atom stereocenters. The van der Waals surface area contributed by atoms with Crippen molar-refractivity contribution in [3.63, 3.8) is 0 Å². The van der Waals surface area contributed by atoms with Crippen LogP contribution in [0.25, 0.3) is 17.3 Å². The highest BCUT2D eigenvalue weighted by Crippen LogP contribution is 2.15. The lowest BCUT2D eigenvalue weighted by Gasteiger charge is -1.91. The average Bonchev–Trinajstić information content (AvgIpc) is 2.99. The summed E-state index contributed by atoms with van der Waals surface area (Å²) >= 11 is 0. The van der Waals surface area contributed by atoms with Gasteiger partial charge in [-0.15, -0.1) is 9.78 Å². The molecule has 0 radical (unpaired) electrons. The zero-order valence-electron chi connectivity index (χ0n) is 8.74. The van der Waals surface area contributed by atoms with Crippen molar-refractivity contribution in [2.24, 2.45) is 0 Å². The van der Waals surface area contributed by atoms with Gasteiger partial charge in [0.1, 0.15) is 0 Å². The Balaban J connectivity index is 2.11. The Morgan fingerprint density at radius 2 is 1.88 bits per heavy atom. The summed E-state index contributed by atoms with van der Waals surface area (Å²) in [6.45, 7) is 0. The number of hydrogen-bond donors (Lipinski definition) is 0. The number of nitrogens with zero attached hydrogens (tertiary/aromatic N) is 2. The van der Waals surface area contributed by atoms with E-state index in [4.69, 9.17) is 8.83 Å². The molecule has 0 aliphatic heterocycles. The quantitative estimate of drug-likeness (QED) is 0.673. The Kier molecular flexibility index (Phi) is 2.15. The second kappa shape index (κ2) is 3.79. The van der Waals surface area contributed by atoms with Crippen LogP contribution in [0.2, 0.25) is 0 Å². The van der Waals surface area contributed by atoms with Crippen molar-refractivity contribution in [1.29, 1.82) is 0 Å². The van der Waals surface area contributed by atoms with Gasteiger partial charge in [-0.1, -0.05) is 18.2 Å². The van der Waals surface area contributed by atoms with Crippen LogP contribution in [-0.2, 0) is 0 Å². The first-order valence-electron chi connectivity index (χ1n) is 5.04. The third kappa shape index (κ3) is 1.67. The van der Waals surface area contributed by atoms with E-state index in [0.29, 0.717) is 5.88 Å². The number of rotatable bonds is 2. The smallest absolute Gasteiger partial charge is 0.444 e. The molecule has 5 nitrogen and oxygen atoms in total. The first-order valence-corrected chi connectivity index (χ1v) is 5.04. The van der Waals surface area contributed by atoms with Gasteiger partial charge in [0, 0.05) is 11.6 Å². The van der Waals surface area contributed by atoms with Gasteiger partial charge in [0.15, 0.2) is 0 Å². The van der Waals surface area contributed by atoms with Crippen molar-refractivity contribution in [3.05, 3.63) is 59.3 Å². The molecular formula is C12H8N2O3. The first-order chi connectivity index (χ1) is 8.34. The number of furan rings is 1. The van der Waals surface area contributed by atoms with Crippen LogP contribution in [0.5, 0.6) is 0 Å². The van der Waals surface area contributed by atoms with E-state index in [1.54, 1.807) is 12.1 Å². The van der Waals surface area contributed by atoms with E-state index in [1.165, 1.54) is 6.26 Å². The Morgan fingerprint density at radius 1 is 1.06 bits per heavy atom. The molecule has 0 fully saturated rings. The minimum Gasteiger partial charge on any atom is -0.446 e. The van der Waals surface area contributed by atoms with E-state index in [1.807, 2.05) is 30.3 Å². The maximum Gasteiger partial charge on any atom is 0.444 e. The van der Waals surface area contributed by atoms with E-state index >= 15 is 0 Å². The Hall–Kier alpha value is -2.56. The second-order valence-corrected chi connectivity index (χ2v) is 3.40. The zero-order valence-corrected chi connectivity index (χ0v) is 8.74. The predicted molar refractivity (Wildman–Crippen MR) is 59.8 cm³/mol. The minimum atomic E-state index is -0.571. The predicted octanol–water partition coefficient (Wildman–Crippen LogP) is 2.09. The molecule has 0 bridgehead atoms. The molecule has 0 saturated heterocycles. The molecule has 0 spiro atoms. The largest absolute Gasteiger partial charge is 0.446 e. The summed E-state index contributed by atoms with van der Waals surface area (Å²) in [5.41, 5.74) is 0.745. The van der Waals surface area contributed by atoms with Gasteiger partial charge >= 0.3 is 5.76 Å². The standard InChI is InChI=1S/C12H8N2O3/c15-12-14(10-7-4-8-16-10)13-11(17-12)9-5-2-1-3-6-9/h1-8H. The van der Waals surface area contributed by atoms with E-state index in [-0.39, 0.29) is 5.89 Å². The van der Waals surface area contributed by atoms with Gasteiger partial charge in [-0.3, -0.25) is 0 Å². The Bertz CT molecular complexity index is 665. The highest BCUT2D eigenvalue weighted by Gasteiger charge is 2.12. The van der Waals surface area contributed by atoms with E-state index in [0.717, 1.165) is 10.2 Å². The zero-order chi connectivity index (χ0) is 11.7. The summed E-state index contributed by atoms with van der Waals surface area (Å²) in [4.78, 5) is 11.6.